The first-order valence-corrected chi connectivity index (χ1v) is 11.9. The molecule has 2 amide bonds. The van der Waals surface area contributed by atoms with Crippen molar-refractivity contribution >= 4 is 34.3 Å². The molecule has 4 aromatic rings. The number of rotatable bonds is 4. The van der Waals surface area contributed by atoms with Crippen LogP contribution in [-0.2, 0) is 13.2 Å². The van der Waals surface area contributed by atoms with Gasteiger partial charge in [0.2, 0.25) is 0 Å². The van der Waals surface area contributed by atoms with Crippen LogP contribution in [0.15, 0.2) is 54.6 Å². The minimum Gasteiger partial charge on any atom is -0.382 e. The first-order chi connectivity index (χ1) is 17.4. The minimum absolute atomic E-state index is 0.0432. The van der Waals surface area contributed by atoms with Crippen LogP contribution in [0.5, 0.6) is 0 Å². The average Bonchev–Trinajstić information content (AvgIpc) is 3.11. The second-order valence-electron chi connectivity index (χ2n) is 10.1. The normalized spacial score (nSPS) is 16.9. The van der Waals surface area contributed by atoms with Crippen molar-refractivity contribution in [2.75, 3.05) is 16.4 Å². The number of pyridine rings is 1. The number of fused-ring (bicyclic) bond motifs is 1. The molecule has 192 valence electrons. The van der Waals surface area contributed by atoms with Gasteiger partial charge in [-0.3, -0.25) is 0 Å². The lowest BCUT2D eigenvalue weighted by Crippen LogP contribution is -2.33. The molecular formula is C27H27F3N6O. The van der Waals surface area contributed by atoms with Crippen molar-refractivity contribution in [2.45, 2.75) is 38.8 Å². The zero-order valence-electron chi connectivity index (χ0n) is 20.6. The Labute approximate surface area is 211 Å². The first-order valence-electron chi connectivity index (χ1n) is 11.9. The van der Waals surface area contributed by atoms with Gasteiger partial charge in [0, 0.05) is 30.0 Å². The van der Waals surface area contributed by atoms with Crippen molar-refractivity contribution in [3.05, 3.63) is 65.9 Å². The van der Waals surface area contributed by atoms with E-state index in [1.54, 1.807) is 16.8 Å². The zero-order chi connectivity index (χ0) is 26.5. The number of aryl methyl sites for hydroxylation is 1. The van der Waals surface area contributed by atoms with Crippen LogP contribution in [0.2, 0.25) is 0 Å². The van der Waals surface area contributed by atoms with Crippen LogP contribution in [0.25, 0.3) is 22.2 Å². The number of halogens is 3. The van der Waals surface area contributed by atoms with E-state index in [9.17, 15) is 18.0 Å². The van der Waals surface area contributed by atoms with Crippen LogP contribution in [0.3, 0.4) is 0 Å². The largest absolute Gasteiger partial charge is 0.416 e. The van der Waals surface area contributed by atoms with Gasteiger partial charge in [-0.05, 0) is 65.8 Å². The van der Waals surface area contributed by atoms with Gasteiger partial charge in [0.1, 0.15) is 0 Å². The van der Waals surface area contributed by atoms with Crippen LogP contribution < -0.4 is 16.4 Å². The molecule has 2 aromatic heterocycles. The molecule has 1 atom stereocenters. The van der Waals surface area contributed by atoms with Crippen molar-refractivity contribution in [3.8, 4) is 11.1 Å². The molecule has 2 aromatic carbocycles. The van der Waals surface area contributed by atoms with E-state index in [4.69, 9.17) is 10.7 Å². The summed E-state index contributed by atoms with van der Waals surface area (Å²) in [5.74, 6) is 0.731. The molecular weight excluding hydrogens is 481 g/mol. The topological polar surface area (TPSA) is 97.9 Å². The summed E-state index contributed by atoms with van der Waals surface area (Å²) in [6, 6.07) is 13.1. The summed E-state index contributed by atoms with van der Waals surface area (Å²) in [5, 5.41) is 10.2. The molecule has 0 saturated heterocycles. The summed E-state index contributed by atoms with van der Waals surface area (Å²) >= 11 is 0. The highest BCUT2D eigenvalue weighted by Gasteiger charge is 2.40. The van der Waals surface area contributed by atoms with E-state index in [1.807, 2.05) is 19.2 Å². The van der Waals surface area contributed by atoms with E-state index >= 15 is 0 Å². The van der Waals surface area contributed by atoms with Crippen molar-refractivity contribution in [2.24, 2.45) is 12.5 Å². The molecule has 0 bridgehead atoms. The molecule has 7 nitrogen and oxygen atoms in total. The highest BCUT2D eigenvalue weighted by molar-refractivity contribution is 6.02. The summed E-state index contributed by atoms with van der Waals surface area (Å²) < 4.78 is 40.5. The van der Waals surface area contributed by atoms with Crippen LogP contribution in [-0.4, -0.2) is 20.8 Å². The molecule has 2 heterocycles. The maximum absolute atomic E-state index is 12.9. The summed E-state index contributed by atoms with van der Waals surface area (Å²) in [7, 11) is 1.82. The number of benzene rings is 2. The monoisotopic (exact) mass is 508 g/mol. The number of carbonyl (C=O) groups is 1. The maximum Gasteiger partial charge on any atom is 0.416 e. The molecule has 0 unspecified atom stereocenters. The van der Waals surface area contributed by atoms with E-state index in [0.29, 0.717) is 17.4 Å². The second kappa shape index (κ2) is 8.79. The Bertz CT molecular complexity index is 1490. The number of hydrogen-bond donors (Lipinski definition) is 3. The van der Waals surface area contributed by atoms with Crippen LogP contribution in [0, 0.1) is 5.41 Å². The fraction of sp³-hybridized carbons (Fsp3) is 0.296. The molecule has 1 aliphatic carbocycles. The van der Waals surface area contributed by atoms with Gasteiger partial charge < -0.3 is 16.4 Å². The number of nitrogen functional groups attached to an aromatic ring is 1. The van der Waals surface area contributed by atoms with E-state index in [0.717, 1.165) is 52.8 Å². The van der Waals surface area contributed by atoms with Gasteiger partial charge >= 0.3 is 12.2 Å². The number of nitrogens with one attached hydrogen (secondary N) is 2. The van der Waals surface area contributed by atoms with E-state index in [1.165, 1.54) is 12.1 Å². The molecule has 0 aliphatic heterocycles. The van der Waals surface area contributed by atoms with Gasteiger partial charge in [-0.2, -0.15) is 18.3 Å². The predicted molar refractivity (Wildman–Crippen MR) is 138 cm³/mol. The summed E-state index contributed by atoms with van der Waals surface area (Å²) in [5.41, 5.74) is 9.62. The van der Waals surface area contributed by atoms with Crippen molar-refractivity contribution in [3.63, 3.8) is 0 Å². The highest BCUT2D eigenvalue weighted by atomic mass is 19.4. The Morgan fingerprint density at radius 3 is 2.41 bits per heavy atom. The lowest BCUT2D eigenvalue weighted by Gasteiger charge is -2.44. The number of anilines is 3. The summed E-state index contributed by atoms with van der Waals surface area (Å²) in [6.45, 7) is 4.49. The lowest BCUT2D eigenvalue weighted by atomic mass is 9.61. The maximum atomic E-state index is 12.9. The molecule has 1 fully saturated rings. The standard InChI is InChI=1S/C27H27F3N6O/c1-26(2)12-11-20(26)21-14-19(22-23(31)35-36(3)24(22)34-21)15-7-9-17(10-8-15)32-25(37)33-18-6-4-5-16(13-18)27(28,29)30/h4-10,13-14,20H,11-12H2,1-3H3,(H2,31,35)(H2,32,33,37)/t20-/m1/s1. The predicted octanol–water partition coefficient (Wildman–Crippen LogP) is 6.78. The average molecular weight is 509 g/mol. The molecule has 1 aliphatic rings. The molecule has 4 N–H and O–H groups in total. The number of hydrogen-bond acceptors (Lipinski definition) is 4. The number of aromatic nitrogens is 3. The van der Waals surface area contributed by atoms with Crippen molar-refractivity contribution in [1.82, 2.24) is 14.8 Å². The van der Waals surface area contributed by atoms with Gasteiger partial charge in [0.15, 0.2) is 11.5 Å². The number of nitrogens with zero attached hydrogens (tertiary/aromatic N) is 3. The second-order valence-corrected chi connectivity index (χ2v) is 10.1. The quantitative estimate of drug-likeness (QED) is 0.283. The zero-order valence-corrected chi connectivity index (χ0v) is 20.6. The molecule has 37 heavy (non-hydrogen) atoms. The van der Waals surface area contributed by atoms with E-state index < -0.39 is 17.8 Å². The number of amides is 2. The van der Waals surface area contributed by atoms with Gasteiger partial charge in [0.25, 0.3) is 0 Å². The SMILES string of the molecule is Cn1nc(N)c2c(-c3ccc(NC(=O)Nc4cccc(C(F)(F)F)c4)cc3)cc([C@H]3CCC3(C)C)nc21. The fourth-order valence-electron chi connectivity index (χ4n) is 4.92. The number of carbonyl (C=O) groups excluding carboxylic acids is 1. The third kappa shape index (κ3) is 4.71. The lowest BCUT2D eigenvalue weighted by molar-refractivity contribution is -0.137. The van der Waals surface area contributed by atoms with E-state index in [-0.39, 0.29) is 11.1 Å². The molecule has 1 saturated carbocycles. The fourth-order valence-corrected chi connectivity index (χ4v) is 4.92. The molecule has 0 radical (unpaired) electrons. The molecule has 0 spiro atoms. The molecule has 5 rings (SSSR count). The Kier molecular flexibility index (Phi) is 5.85. The van der Waals surface area contributed by atoms with Crippen molar-refractivity contribution in [1.29, 1.82) is 0 Å². The van der Waals surface area contributed by atoms with Crippen LogP contribution >= 0.6 is 0 Å². The third-order valence-electron chi connectivity index (χ3n) is 7.12. The number of nitrogens with two attached hydrogens (primary N) is 1. The van der Waals surface area contributed by atoms with E-state index in [2.05, 4.69) is 35.6 Å². The number of alkyl halides is 3. The smallest absolute Gasteiger partial charge is 0.382 e. The highest BCUT2D eigenvalue weighted by Crippen LogP contribution is 2.52. The Balaban J connectivity index is 1.39. The Morgan fingerprint density at radius 1 is 1.08 bits per heavy atom. The van der Waals surface area contributed by atoms with Gasteiger partial charge in [-0.25, -0.2) is 14.5 Å². The van der Waals surface area contributed by atoms with Gasteiger partial charge in [-0.1, -0.05) is 32.0 Å². The van der Waals surface area contributed by atoms with Crippen LogP contribution in [0.4, 0.5) is 35.2 Å². The summed E-state index contributed by atoms with van der Waals surface area (Å²) in [4.78, 5) is 17.3. The Hall–Kier alpha value is -4.08. The van der Waals surface area contributed by atoms with Gasteiger partial charge in [-0.15, -0.1) is 0 Å². The third-order valence-corrected chi connectivity index (χ3v) is 7.12. The minimum atomic E-state index is -4.49. The first kappa shape index (κ1) is 24.6. The summed E-state index contributed by atoms with van der Waals surface area (Å²) in [6.07, 6.45) is -2.28. The Morgan fingerprint density at radius 2 is 1.78 bits per heavy atom. The van der Waals surface area contributed by atoms with Gasteiger partial charge in [0.05, 0.1) is 10.9 Å². The van der Waals surface area contributed by atoms with Crippen molar-refractivity contribution < 1.29 is 18.0 Å². The number of urea groups is 1. The molecule has 10 heteroatoms. The van der Waals surface area contributed by atoms with Crippen LogP contribution in [0.1, 0.15) is 43.9 Å².